The molecule has 1 aromatic heterocycles. The van der Waals surface area contributed by atoms with Gasteiger partial charge in [0.25, 0.3) is 0 Å². The van der Waals surface area contributed by atoms with E-state index in [4.69, 9.17) is 4.74 Å². The van der Waals surface area contributed by atoms with Crippen LogP contribution in [0.5, 0.6) is 0 Å². The second-order valence-corrected chi connectivity index (χ2v) is 8.71. The van der Waals surface area contributed by atoms with Gasteiger partial charge in [0.2, 0.25) is 0 Å². The molecule has 1 unspecified atom stereocenters. The Hall–Kier alpha value is -1.36. The maximum absolute atomic E-state index is 6.49. The van der Waals surface area contributed by atoms with Crippen LogP contribution in [0.4, 0.5) is 5.69 Å². The lowest BCUT2D eigenvalue weighted by molar-refractivity contribution is -0.174. The Labute approximate surface area is 161 Å². The largest absolute Gasteiger partial charge is 0.371 e. The van der Waals surface area contributed by atoms with Crippen LogP contribution in [-0.4, -0.2) is 36.8 Å². The fourth-order valence-corrected chi connectivity index (χ4v) is 5.04. The third-order valence-electron chi connectivity index (χ3n) is 6.02. The lowest BCUT2D eigenvalue weighted by Gasteiger charge is -2.45. The first-order valence-corrected chi connectivity index (χ1v) is 10.9. The number of hydrogen-bond donors (Lipinski definition) is 0. The van der Waals surface area contributed by atoms with Crippen molar-refractivity contribution in [1.29, 1.82) is 0 Å². The number of thiophene rings is 1. The summed E-state index contributed by atoms with van der Waals surface area (Å²) in [5, 5.41) is 4.46. The Morgan fingerprint density at radius 1 is 1.15 bits per heavy atom. The molecule has 140 valence electrons. The predicted octanol–water partition coefficient (Wildman–Crippen LogP) is 4.99. The summed E-state index contributed by atoms with van der Waals surface area (Å²) in [4.78, 5) is 5.18. The topological polar surface area (TPSA) is 15.7 Å². The van der Waals surface area contributed by atoms with Gasteiger partial charge in [-0.15, -0.1) is 0 Å². The first-order chi connectivity index (χ1) is 12.7. The third kappa shape index (κ3) is 4.13. The van der Waals surface area contributed by atoms with Gasteiger partial charge in [0, 0.05) is 37.2 Å². The van der Waals surface area contributed by atoms with E-state index in [9.17, 15) is 0 Å². The molecule has 2 aliphatic heterocycles. The van der Waals surface area contributed by atoms with Crippen LogP contribution in [0.25, 0.3) is 0 Å². The van der Waals surface area contributed by atoms with Crippen molar-refractivity contribution in [3.8, 4) is 0 Å². The maximum atomic E-state index is 6.49. The molecule has 0 radical (unpaired) electrons. The SMILES string of the molecule is CC1(OCc2ccccc2)CCCCN1C[C@@H]1CCN(c2ccsc2)C1. The van der Waals surface area contributed by atoms with Crippen LogP contribution in [0.15, 0.2) is 47.2 Å². The maximum Gasteiger partial charge on any atom is 0.119 e. The fraction of sp³-hybridized carbons (Fsp3) is 0.545. The number of nitrogens with zero attached hydrogens (tertiary/aromatic N) is 2. The van der Waals surface area contributed by atoms with Gasteiger partial charge in [0.1, 0.15) is 5.72 Å². The predicted molar refractivity (Wildman–Crippen MR) is 110 cm³/mol. The average Bonchev–Trinajstić information content (AvgIpc) is 3.35. The van der Waals surface area contributed by atoms with Gasteiger partial charge >= 0.3 is 0 Å². The smallest absolute Gasteiger partial charge is 0.119 e. The lowest BCUT2D eigenvalue weighted by atomic mass is 9.97. The van der Waals surface area contributed by atoms with Crippen molar-refractivity contribution in [3.63, 3.8) is 0 Å². The van der Waals surface area contributed by atoms with E-state index in [0.29, 0.717) is 6.61 Å². The number of hydrogen-bond acceptors (Lipinski definition) is 4. The molecule has 2 fully saturated rings. The molecule has 0 spiro atoms. The standard InChI is InChI=1S/C22H30N2OS/c1-22(25-17-19-7-3-2-4-8-19)11-5-6-12-24(22)16-20-9-13-23(15-20)21-10-14-26-18-21/h2-4,7-8,10,14,18,20H,5-6,9,11-13,15-17H2,1H3/t20-,22?/m1/s1. The Kier molecular flexibility index (Phi) is 5.63. The quantitative estimate of drug-likeness (QED) is 0.712. The minimum absolute atomic E-state index is 0.121. The second kappa shape index (κ2) is 8.12. The molecule has 0 N–H and O–H groups in total. The molecule has 3 heterocycles. The summed E-state index contributed by atoms with van der Waals surface area (Å²) < 4.78 is 6.49. The molecule has 2 aromatic rings. The zero-order chi connectivity index (χ0) is 17.8. The van der Waals surface area contributed by atoms with Gasteiger partial charge in [-0.3, -0.25) is 4.90 Å². The third-order valence-corrected chi connectivity index (χ3v) is 6.69. The molecule has 3 nitrogen and oxygen atoms in total. The van der Waals surface area contributed by atoms with Crippen LogP contribution in [0, 0.1) is 5.92 Å². The van der Waals surface area contributed by atoms with Crippen LogP contribution >= 0.6 is 11.3 Å². The fourth-order valence-electron chi connectivity index (χ4n) is 4.38. The minimum Gasteiger partial charge on any atom is -0.371 e. The molecule has 26 heavy (non-hydrogen) atoms. The average molecular weight is 371 g/mol. The van der Waals surface area contributed by atoms with Crippen LogP contribution in [0.3, 0.4) is 0 Å². The van der Waals surface area contributed by atoms with E-state index in [1.54, 1.807) is 11.3 Å². The minimum atomic E-state index is -0.121. The molecule has 0 amide bonds. The van der Waals surface area contributed by atoms with Crippen molar-refractivity contribution in [2.45, 2.75) is 44.9 Å². The van der Waals surface area contributed by atoms with E-state index in [0.717, 1.165) is 18.9 Å². The highest BCUT2D eigenvalue weighted by molar-refractivity contribution is 7.08. The van der Waals surface area contributed by atoms with E-state index in [2.05, 4.69) is 63.9 Å². The molecule has 2 atom stereocenters. The van der Waals surface area contributed by atoms with Crippen molar-refractivity contribution in [2.75, 3.05) is 31.1 Å². The molecule has 4 rings (SSSR count). The highest BCUT2D eigenvalue weighted by atomic mass is 32.1. The van der Waals surface area contributed by atoms with Crippen molar-refractivity contribution < 1.29 is 4.74 Å². The van der Waals surface area contributed by atoms with Gasteiger partial charge in [0.05, 0.1) is 6.61 Å². The first kappa shape index (κ1) is 18.0. The van der Waals surface area contributed by atoms with Gasteiger partial charge in [-0.25, -0.2) is 0 Å². The molecule has 2 aliphatic rings. The van der Waals surface area contributed by atoms with Crippen LogP contribution in [-0.2, 0) is 11.3 Å². The molecular weight excluding hydrogens is 340 g/mol. The van der Waals surface area contributed by atoms with Crippen LogP contribution in [0.1, 0.15) is 38.2 Å². The Morgan fingerprint density at radius 2 is 2.04 bits per heavy atom. The van der Waals surface area contributed by atoms with E-state index < -0.39 is 0 Å². The summed E-state index contributed by atoms with van der Waals surface area (Å²) in [5.41, 5.74) is 2.55. The monoisotopic (exact) mass is 370 g/mol. The van der Waals surface area contributed by atoms with Crippen molar-refractivity contribution in [3.05, 3.63) is 52.7 Å². The molecule has 2 saturated heterocycles. The highest BCUT2D eigenvalue weighted by Gasteiger charge is 2.37. The van der Waals surface area contributed by atoms with Gasteiger partial charge in [-0.05, 0) is 55.5 Å². The molecule has 0 bridgehead atoms. The van der Waals surface area contributed by atoms with Crippen molar-refractivity contribution >= 4 is 17.0 Å². The summed E-state index contributed by atoms with van der Waals surface area (Å²) in [6.07, 6.45) is 5.00. The normalized spacial score (nSPS) is 27.1. The zero-order valence-corrected chi connectivity index (χ0v) is 16.6. The summed E-state index contributed by atoms with van der Waals surface area (Å²) >= 11 is 1.80. The van der Waals surface area contributed by atoms with E-state index >= 15 is 0 Å². The van der Waals surface area contributed by atoms with E-state index in [-0.39, 0.29) is 5.72 Å². The van der Waals surface area contributed by atoms with Crippen molar-refractivity contribution in [1.82, 2.24) is 4.90 Å². The number of rotatable bonds is 6. The lowest BCUT2D eigenvalue weighted by Crippen LogP contribution is -2.53. The number of benzene rings is 1. The molecule has 0 saturated carbocycles. The first-order valence-electron chi connectivity index (χ1n) is 9.93. The molecular formula is C22H30N2OS. The molecule has 4 heteroatoms. The summed E-state index contributed by atoms with van der Waals surface area (Å²) in [6.45, 7) is 7.71. The summed E-state index contributed by atoms with van der Waals surface area (Å²) in [7, 11) is 0. The Morgan fingerprint density at radius 3 is 2.85 bits per heavy atom. The van der Waals surface area contributed by atoms with Gasteiger partial charge in [-0.2, -0.15) is 11.3 Å². The molecule has 1 aromatic carbocycles. The Balaban J connectivity index is 1.36. The second-order valence-electron chi connectivity index (χ2n) is 7.93. The summed E-state index contributed by atoms with van der Waals surface area (Å²) in [6, 6.07) is 12.8. The van der Waals surface area contributed by atoms with Gasteiger partial charge in [-0.1, -0.05) is 30.3 Å². The number of likely N-dealkylation sites (tertiary alicyclic amines) is 1. The number of piperidine rings is 1. The Bertz CT molecular complexity index is 675. The summed E-state index contributed by atoms with van der Waals surface area (Å²) in [5.74, 6) is 0.743. The number of ether oxygens (including phenoxy) is 1. The van der Waals surface area contributed by atoms with Gasteiger partial charge in [0.15, 0.2) is 0 Å². The number of anilines is 1. The van der Waals surface area contributed by atoms with Crippen LogP contribution in [0.2, 0.25) is 0 Å². The van der Waals surface area contributed by atoms with Crippen LogP contribution < -0.4 is 4.90 Å². The van der Waals surface area contributed by atoms with Gasteiger partial charge < -0.3 is 9.64 Å². The van der Waals surface area contributed by atoms with E-state index in [1.165, 1.54) is 50.1 Å². The molecule has 0 aliphatic carbocycles. The van der Waals surface area contributed by atoms with E-state index in [1.807, 2.05) is 0 Å². The zero-order valence-electron chi connectivity index (χ0n) is 15.8. The van der Waals surface area contributed by atoms with Crippen molar-refractivity contribution in [2.24, 2.45) is 5.92 Å². The highest BCUT2D eigenvalue weighted by Crippen LogP contribution is 2.33.